The second kappa shape index (κ2) is 17.5. The van der Waals surface area contributed by atoms with Crippen LogP contribution in [0, 0.1) is 0 Å². The minimum absolute atomic E-state index is 0. The molecule has 0 spiro atoms. The molecule has 2 aromatic carbocycles. The van der Waals surface area contributed by atoms with Gasteiger partial charge < -0.3 is 0 Å². The Kier molecular flexibility index (Phi) is 17.3. The van der Waals surface area contributed by atoms with Crippen molar-refractivity contribution in [3.8, 4) is 11.1 Å². The summed E-state index contributed by atoms with van der Waals surface area (Å²) in [5, 5.41) is 0. The van der Waals surface area contributed by atoms with Crippen molar-refractivity contribution in [1.29, 1.82) is 0 Å². The van der Waals surface area contributed by atoms with E-state index in [1.165, 1.54) is 33.4 Å². The predicted octanol–water partition coefficient (Wildman–Crippen LogP) is 10.0. The van der Waals surface area contributed by atoms with E-state index in [2.05, 4.69) is 93.3 Å². The van der Waals surface area contributed by atoms with Gasteiger partial charge in [0.25, 0.3) is 0 Å². The van der Waals surface area contributed by atoms with Crippen molar-refractivity contribution in [2.75, 3.05) is 0 Å². The van der Waals surface area contributed by atoms with Gasteiger partial charge in [0.05, 0.1) is 0 Å². The molecule has 0 N–H and O–H groups in total. The number of hydrogen-bond acceptors (Lipinski definition) is 0. The number of rotatable bonds is 6. The molecule has 158 valence electrons. The van der Waals surface area contributed by atoms with Crippen LogP contribution >= 0.6 is 0 Å². The first-order chi connectivity index (χ1) is 13.7. The molecule has 0 radical (unpaired) electrons. The van der Waals surface area contributed by atoms with Gasteiger partial charge in [-0.3, -0.25) is 0 Å². The number of hydrogen-bond donors (Lipinski definition) is 0. The molecular weight excluding hydrogens is 348 g/mol. The van der Waals surface area contributed by atoms with Gasteiger partial charge in [0.1, 0.15) is 0 Å². The van der Waals surface area contributed by atoms with E-state index in [1.54, 1.807) is 0 Å². The molecule has 0 unspecified atom stereocenters. The summed E-state index contributed by atoms with van der Waals surface area (Å²) in [6.45, 7) is 18.2. The fourth-order valence-corrected chi connectivity index (χ4v) is 2.83. The van der Waals surface area contributed by atoms with Crippen LogP contribution < -0.4 is 0 Å². The first-order valence-electron chi connectivity index (χ1n) is 10.6. The van der Waals surface area contributed by atoms with Crippen molar-refractivity contribution < 1.29 is 0 Å². The molecule has 0 amide bonds. The third-order valence-corrected chi connectivity index (χ3v) is 4.03. The van der Waals surface area contributed by atoms with E-state index in [9.17, 15) is 0 Å². The summed E-state index contributed by atoms with van der Waals surface area (Å²) in [4.78, 5) is 0. The molecule has 0 bridgehead atoms. The largest absolute Gasteiger partial charge is 0.0985 e. The fraction of sp³-hybridized carbons (Fsp3) is 0.310. The molecule has 0 fully saturated rings. The normalized spacial score (nSPS) is 10.9. The Morgan fingerprint density at radius 1 is 0.828 bits per heavy atom. The van der Waals surface area contributed by atoms with Crippen LogP contribution in [0.5, 0.6) is 0 Å². The molecule has 0 aliphatic heterocycles. The summed E-state index contributed by atoms with van der Waals surface area (Å²) in [6, 6.07) is 17.4. The maximum absolute atomic E-state index is 3.94. The third-order valence-electron chi connectivity index (χ3n) is 4.03. The van der Waals surface area contributed by atoms with Gasteiger partial charge in [-0.2, -0.15) is 0 Å². The summed E-state index contributed by atoms with van der Waals surface area (Å²) in [7, 11) is 0. The fourth-order valence-electron chi connectivity index (χ4n) is 2.83. The van der Waals surface area contributed by atoms with Gasteiger partial charge in [0.2, 0.25) is 0 Å². The van der Waals surface area contributed by atoms with E-state index in [1.807, 2.05) is 40.7 Å². The highest BCUT2D eigenvalue weighted by Crippen LogP contribution is 2.27. The quantitative estimate of drug-likeness (QED) is 0.430. The molecule has 0 atom stereocenters. The first-order valence-corrected chi connectivity index (χ1v) is 10.6. The average molecular weight is 391 g/mol. The molecule has 0 aliphatic carbocycles. The van der Waals surface area contributed by atoms with Crippen molar-refractivity contribution in [3.05, 3.63) is 96.6 Å². The standard InChI is InChI=1S/C24H26.2C2H6.CH4/c1-5-11-19(7-3)21-13-9-15-23(17-21)24-16-10-14-22(18-24)20(8-4)12-6-2;2*1-2;/h6-18H,3,5H2,1-2,4H3;2*1-2H3;1H4/b12-6-,19-11+,20-8+;;;. The van der Waals surface area contributed by atoms with Crippen molar-refractivity contribution >= 4 is 11.1 Å². The van der Waals surface area contributed by atoms with Crippen molar-refractivity contribution in [3.63, 3.8) is 0 Å². The third kappa shape index (κ3) is 8.96. The highest BCUT2D eigenvalue weighted by molar-refractivity contribution is 5.80. The van der Waals surface area contributed by atoms with Gasteiger partial charge >= 0.3 is 0 Å². The highest BCUT2D eigenvalue weighted by Gasteiger charge is 2.04. The van der Waals surface area contributed by atoms with Crippen LogP contribution in [0.25, 0.3) is 22.3 Å². The lowest BCUT2D eigenvalue weighted by Gasteiger charge is -2.09. The van der Waals surface area contributed by atoms with E-state index in [0.29, 0.717) is 0 Å². The molecule has 29 heavy (non-hydrogen) atoms. The molecule has 0 heteroatoms. The van der Waals surface area contributed by atoms with Crippen LogP contribution in [-0.2, 0) is 0 Å². The van der Waals surface area contributed by atoms with E-state index >= 15 is 0 Å². The predicted molar refractivity (Wildman–Crippen MR) is 138 cm³/mol. The summed E-state index contributed by atoms with van der Waals surface area (Å²) < 4.78 is 0. The van der Waals surface area contributed by atoms with E-state index in [-0.39, 0.29) is 7.43 Å². The zero-order chi connectivity index (χ0) is 21.4. The Balaban J connectivity index is 0. The number of benzene rings is 2. The average Bonchev–Trinajstić information content (AvgIpc) is 2.78. The van der Waals surface area contributed by atoms with Crippen molar-refractivity contribution in [1.82, 2.24) is 0 Å². The zero-order valence-electron chi connectivity index (χ0n) is 18.9. The second-order valence-corrected chi connectivity index (χ2v) is 5.68. The Morgan fingerprint density at radius 2 is 1.31 bits per heavy atom. The van der Waals surface area contributed by atoms with Gasteiger partial charge in [-0.1, -0.05) is 115 Å². The maximum atomic E-state index is 3.94. The molecule has 0 aliphatic rings. The minimum Gasteiger partial charge on any atom is -0.0985 e. The minimum atomic E-state index is 0. The van der Waals surface area contributed by atoms with Crippen LogP contribution in [0.15, 0.2) is 85.5 Å². The SMILES string of the molecule is C.C=C/C(=C\CC)c1cccc(-c2cccc(C(/C=C\C)=C/C)c2)c1.CC.CC. The lowest BCUT2D eigenvalue weighted by molar-refractivity contribution is 1.23. The molecule has 0 saturated heterocycles. The van der Waals surface area contributed by atoms with Crippen LogP contribution in [0.4, 0.5) is 0 Å². The molecule has 0 saturated carbocycles. The Morgan fingerprint density at radius 3 is 1.69 bits per heavy atom. The molecule has 0 nitrogen and oxygen atoms in total. The van der Waals surface area contributed by atoms with E-state index < -0.39 is 0 Å². The summed E-state index contributed by atoms with van der Waals surface area (Å²) in [5.41, 5.74) is 7.36. The monoisotopic (exact) mass is 390 g/mol. The van der Waals surface area contributed by atoms with Crippen LogP contribution in [0.2, 0.25) is 0 Å². The van der Waals surface area contributed by atoms with Gasteiger partial charge in [-0.05, 0) is 65.8 Å². The number of allylic oxidation sites excluding steroid dienone is 7. The van der Waals surface area contributed by atoms with Gasteiger partial charge in [-0.25, -0.2) is 0 Å². The second-order valence-electron chi connectivity index (χ2n) is 5.68. The molecule has 2 aromatic rings. The molecular formula is C29H42. The Hall–Kier alpha value is -2.60. The summed E-state index contributed by atoms with van der Waals surface area (Å²) >= 11 is 0. The Bertz CT molecular complexity index is 742. The van der Waals surface area contributed by atoms with Crippen LogP contribution in [0.3, 0.4) is 0 Å². The van der Waals surface area contributed by atoms with Gasteiger partial charge in [-0.15, -0.1) is 0 Å². The van der Waals surface area contributed by atoms with Gasteiger partial charge in [0.15, 0.2) is 0 Å². The topological polar surface area (TPSA) is 0 Å². The van der Waals surface area contributed by atoms with E-state index in [0.717, 1.165) is 6.42 Å². The first kappa shape index (κ1) is 28.6. The van der Waals surface area contributed by atoms with Crippen LogP contribution in [-0.4, -0.2) is 0 Å². The van der Waals surface area contributed by atoms with Crippen LogP contribution in [0.1, 0.15) is 73.4 Å². The summed E-state index contributed by atoms with van der Waals surface area (Å²) in [6.07, 6.45) is 11.5. The zero-order valence-corrected chi connectivity index (χ0v) is 18.9. The maximum Gasteiger partial charge on any atom is -0.0178 e. The van der Waals surface area contributed by atoms with Crippen molar-refractivity contribution in [2.45, 2.75) is 62.3 Å². The molecule has 0 aromatic heterocycles. The molecule has 0 heterocycles. The summed E-state index contributed by atoms with van der Waals surface area (Å²) in [5.74, 6) is 0. The lowest BCUT2D eigenvalue weighted by atomic mass is 9.95. The smallest absolute Gasteiger partial charge is 0.0178 e. The Labute approximate surface area is 181 Å². The van der Waals surface area contributed by atoms with Crippen molar-refractivity contribution in [2.24, 2.45) is 0 Å². The lowest BCUT2D eigenvalue weighted by Crippen LogP contribution is -1.86. The van der Waals surface area contributed by atoms with Gasteiger partial charge in [0, 0.05) is 0 Å². The van der Waals surface area contributed by atoms with E-state index in [4.69, 9.17) is 0 Å². The highest BCUT2D eigenvalue weighted by atomic mass is 14.1. The molecule has 2 rings (SSSR count).